The third-order valence-electron chi connectivity index (χ3n) is 5.21. The molecule has 2 amide bonds. The molecule has 0 bridgehead atoms. The largest absolute Gasteiger partial charge is 0.352 e. The molecule has 0 fully saturated rings. The van der Waals surface area contributed by atoms with Crippen molar-refractivity contribution in [2.75, 3.05) is 0 Å². The van der Waals surface area contributed by atoms with Crippen LogP contribution in [0.25, 0.3) is 0 Å². The Hall–Kier alpha value is -2.62. The fraction of sp³-hybridized carbons (Fsp3) is 0.417. The first-order chi connectivity index (χ1) is 13.3. The summed E-state index contributed by atoms with van der Waals surface area (Å²) in [6, 6.07) is 15.5. The van der Waals surface area contributed by atoms with Crippen molar-refractivity contribution < 1.29 is 9.59 Å². The van der Waals surface area contributed by atoms with Crippen molar-refractivity contribution in [3.63, 3.8) is 0 Å². The molecule has 0 unspecified atom stereocenters. The van der Waals surface area contributed by atoms with E-state index < -0.39 is 6.04 Å². The van der Waals surface area contributed by atoms with Crippen LogP contribution in [0, 0.1) is 13.8 Å². The summed E-state index contributed by atoms with van der Waals surface area (Å²) >= 11 is 0. The van der Waals surface area contributed by atoms with Crippen molar-refractivity contribution in [3.8, 4) is 0 Å². The van der Waals surface area contributed by atoms with E-state index >= 15 is 0 Å². The number of hydrogen-bond donors (Lipinski definition) is 1. The first kappa shape index (κ1) is 21.7. The molecule has 0 aliphatic heterocycles. The van der Waals surface area contributed by atoms with Crippen LogP contribution in [0.4, 0.5) is 0 Å². The predicted molar refractivity (Wildman–Crippen MR) is 114 cm³/mol. The Morgan fingerprint density at radius 2 is 1.71 bits per heavy atom. The SMILES string of the molecule is CC[C@H](C)NC(=O)[C@H](C)N(Cc1ccccc1)C(=O)Cc1cc(C)ccc1C. The lowest BCUT2D eigenvalue weighted by molar-refractivity contribution is -0.140. The minimum absolute atomic E-state index is 0.0376. The lowest BCUT2D eigenvalue weighted by atomic mass is 10.0. The fourth-order valence-corrected chi connectivity index (χ4v) is 3.08. The van der Waals surface area contributed by atoms with Crippen LogP contribution in [0.3, 0.4) is 0 Å². The van der Waals surface area contributed by atoms with Crippen molar-refractivity contribution in [1.29, 1.82) is 0 Å². The molecule has 4 nitrogen and oxygen atoms in total. The molecule has 4 heteroatoms. The Morgan fingerprint density at radius 3 is 2.36 bits per heavy atom. The molecule has 0 aliphatic rings. The summed E-state index contributed by atoms with van der Waals surface area (Å²) in [6.07, 6.45) is 1.15. The monoisotopic (exact) mass is 380 g/mol. The molecule has 0 spiro atoms. The van der Waals surface area contributed by atoms with E-state index in [0.717, 1.165) is 28.7 Å². The Bertz CT molecular complexity index is 802. The normalized spacial score (nSPS) is 12.9. The average molecular weight is 381 g/mol. The van der Waals surface area contributed by atoms with E-state index in [1.165, 1.54) is 0 Å². The summed E-state index contributed by atoms with van der Waals surface area (Å²) in [4.78, 5) is 27.6. The molecular weight excluding hydrogens is 348 g/mol. The number of hydrogen-bond acceptors (Lipinski definition) is 2. The van der Waals surface area contributed by atoms with E-state index in [4.69, 9.17) is 0 Å². The minimum Gasteiger partial charge on any atom is -0.352 e. The van der Waals surface area contributed by atoms with Gasteiger partial charge in [-0.1, -0.05) is 61.0 Å². The van der Waals surface area contributed by atoms with E-state index in [1.54, 1.807) is 4.90 Å². The van der Waals surface area contributed by atoms with Crippen molar-refractivity contribution in [3.05, 3.63) is 70.8 Å². The Labute approximate surface area is 169 Å². The van der Waals surface area contributed by atoms with E-state index in [0.29, 0.717) is 13.0 Å². The maximum Gasteiger partial charge on any atom is 0.242 e. The van der Waals surface area contributed by atoms with E-state index in [9.17, 15) is 9.59 Å². The average Bonchev–Trinajstić information content (AvgIpc) is 2.68. The number of amides is 2. The first-order valence-electron chi connectivity index (χ1n) is 10.0. The van der Waals surface area contributed by atoms with Crippen molar-refractivity contribution in [2.45, 2.75) is 66.1 Å². The number of benzene rings is 2. The zero-order valence-electron chi connectivity index (χ0n) is 17.7. The summed E-state index contributed by atoms with van der Waals surface area (Å²) in [5.41, 5.74) is 4.25. The molecule has 2 aromatic carbocycles. The van der Waals surface area contributed by atoms with Crippen molar-refractivity contribution >= 4 is 11.8 Å². The van der Waals surface area contributed by atoms with Crippen LogP contribution in [-0.4, -0.2) is 28.8 Å². The molecule has 150 valence electrons. The lowest BCUT2D eigenvalue weighted by Crippen LogP contribution is -2.49. The van der Waals surface area contributed by atoms with E-state index in [2.05, 4.69) is 11.4 Å². The van der Waals surface area contributed by atoms with Crippen LogP contribution in [0.1, 0.15) is 49.4 Å². The Kier molecular flexibility index (Phi) is 7.80. The molecule has 0 saturated carbocycles. The Balaban J connectivity index is 2.24. The number of nitrogens with zero attached hydrogens (tertiary/aromatic N) is 1. The van der Waals surface area contributed by atoms with Gasteiger partial charge in [0.05, 0.1) is 6.42 Å². The van der Waals surface area contributed by atoms with E-state index in [-0.39, 0.29) is 17.9 Å². The zero-order chi connectivity index (χ0) is 20.7. The summed E-state index contributed by atoms with van der Waals surface area (Å²) in [5, 5.41) is 3.00. The van der Waals surface area contributed by atoms with Gasteiger partial charge in [0.25, 0.3) is 0 Å². The molecule has 1 N–H and O–H groups in total. The van der Waals surface area contributed by atoms with Gasteiger partial charge in [-0.15, -0.1) is 0 Å². The van der Waals surface area contributed by atoms with Gasteiger partial charge < -0.3 is 10.2 Å². The highest BCUT2D eigenvalue weighted by Gasteiger charge is 2.27. The molecule has 2 aromatic rings. The standard InChI is InChI=1S/C24H32N2O2/c1-6-19(4)25-24(28)20(5)26(16-21-10-8-7-9-11-21)23(27)15-22-14-17(2)12-13-18(22)3/h7-14,19-20H,6,15-16H2,1-5H3,(H,25,28)/t19-,20-/m0/s1. The summed E-state index contributed by atoms with van der Waals surface area (Å²) in [6.45, 7) is 10.3. The van der Waals surface area contributed by atoms with Gasteiger partial charge in [0.2, 0.25) is 11.8 Å². The third-order valence-corrected chi connectivity index (χ3v) is 5.21. The highest BCUT2D eigenvalue weighted by molar-refractivity contribution is 5.88. The number of carbonyl (C=O) groups is 2. The van der Waals surface area contributed by atoms with Crippen LogP contribution in [0.5, 0.6) is 0 Å². The molecule has 2 atom stereocenters. The number of rotatable bonds is 8. The van der Waals surface area contributed by atoms with Gasteiger partial charge in [0, 0.05) is 12.6 Å². The van der Waals surface area contributed by atoms with Crippen LogP contribution < -0.4 is 5.32 Å². The quantitative estimate of drug-likeness (QED) is 0.747. The van der Waals surface area contributed by atoms with Crippen LogP contribution in [0.15, 0.2) is 48.5 Å². The van der Waals surface area contributed by atoms with Gasteiger partial charge >= 0.3 is 0 Å². The van der Waals surface area contributed by atoms with Crippen LogP contribution in [0.2, 0.25) is 0 Å². The molecule has 0 saturated heterocycles. The third kappa shape index (κ3) is 5.95. The number of carbonyl (C=O) groups excluding carboxylic acids is 2. The summed E-state index contributed by atoms with van der Waals surface area (Å²) in [5.74, 6) is -0.149. The topological polar surface area (TPSA) is 49.4 Å². The molecule has 28 heavy (non-hydrogen) atoms. The van der Waals surface area contributed by atoms with Crippen molar-refractivity contribution in [2.24, 2.45) is 0 Å². The maximum atomic E-state index is 13.2. The second-order valence-corrected chi connectivity index (χ2v) is 7.61. The molecule has 2 rings (SSSR count). The highest BCUT2D eigenvalue weighted by Crippen LogP contribution is 2.16. The minimum atomic E-state index is -0.535. The predicted octanol–water partition coefficient (Wildman–Crippen LogP) is 4.18. The highest BCUT2D eigenvalue weighted by atomic mass is 16.2. The van der Waals surface area contributed by atoms with E-state index in [1.807, 2.05) is 77.1 Å². The van der Waals surface area contributed by atoms with Gasteiger partial charge in [0.1, 0.15) is 6.04 Å². The lowest BCUT2D eigenvalue weighted by Gasteiger charge is -2.30. The number of nitrogens with one attached hydrogen (secondary N) is 1. The molecule has 0 aromatic heterocycles. The van der Waals surface area contributed by atoms with Gasteiger partial charge in [0.15, 0.2) is 0 Å². The second-order valence-electron chi connectivity index (χ2n) is 7.61. The second kappa shape index (κ2) is 10.1. The van der Waals surface area contributed by atoms with Crippen LogP contribution in [-0.2, 0) is 22.6 Å². The van der Waals surface area contributed by atoms with Gasteiger partial charge in [-0.25, -0.2) is 0 Å². The van der Waals surface area contributed by atoms with Crippen molar-refractivity contribution in [1.82, 2.24) is 10.2 Å². The van der Waals surface area contributed by atoms with Gasteiger partial charge in [-0.2, -0.15) is 0 Å². The molecular formula is C24H32N2O2. The fourth-order valence-electron chi connectivity index (χ4n) is 3.08. The first-order valence-corrected chi connectivity index (χ1v) is 10.0. The smallest absolute Gasteiger partial charge is 0.242 e. The molecule has 0 radical (unpaired) electrons. The maximum absolute atomic E-state index is 13.2. The summed E-state index contributed by atoms with van der Waals surface area (Å²) in [7, 11) is 0. The van der Waals surface area contributed by atoms with Gasteiger partial charge in [-0.3, -0.25) is 9.59 Å². The summed E-state index contributed by atoms with van der Waals surface area (Å²) < 4.78 is 0. The Morgan fingerprint density at radius 1 is 1.04 bits per heavy atom. The van der Waals surface area contributed by atoms with Crippen LogP contribution >= 0.6 is 0 Å². The molecule has 0 aliphatic carbocycles. The molecule has 0 heterocycles. The van der Waals surface area contributed by atoms with Gasteiger partial charge in [-0.05, 0) is 50.8 Å². The zero-order valence-corrected chi connectivity index (χ0v) is 17.7. The number of aryl methyl sites for hydroxylation is 2.